The largest absolute Gasteiger partial charge is 0.367 e. The number of aromatic amines is 1. The van der Waals surface area contributed by atoms with Crippen LogP contribution in [0.5, 0.6) is 0 Å². The Kier molecular flexibility index (Phi) is 5.46. The molecule has 4 rings (SSSR count). The summed E-state index contributed by atoms with van der Waals surface area (Å²) in [4.78, 5) is 7.76. The average molecular weight is 407 g/mol. The molecule has 1 aliphatic heterocycles. The van der Waals surface area contributed by atoms with Crippen molar-refractivity contribution in [2.75, 3.05) is 6.26 Å². The number of aliphatic imine (C=N–C) groups is 1. The van der Waals surface area contributed by atoms with E-state index in [2.05, 4.69) is 9.98 Å². The van der Waals surface area contributed by atoms with Crippen molar-refractivity contribution in [2.24, 2.45) is 4.99 Å². The van der Waals surface area contributed by atoms with Gasteiger partial charge in [-0.25, -0.2) is 4.39 Å². The molecule has 0 unspecified atom stereocenters. The lowest BCUT2D eigenvalue weighted by Crippen LogP contribution is -2.07. The molecule has 0 radical (unpaired) electrons. The highest BCUT2D eigenvalue weighted by molar-refractivity contribution is 7.85. The van der Waals surface area contributed by atoms with Crippen LogP contribution in [0.3, 0.4) is 0 Å². The Bertz CT molecular complexity index is 1120. The summed E-state index contributed by atoms with van der Waals surface area (Å²) in [6.07, 6.45) is 4.59. The third kappa shape index (κ3) is 4.63. The van der Waals surface area contributed by atoms with Crippen LogP contribution in [0.2, 0.25) is 5.02 Å². The Labute approximate surface area is 161 Å². The number of aromatic nitrogens is 1. The first-order chi connectivity index (χ1) is 12.7. The molecule has 1 aliphatic rings. The van der Waals surface area contributed by atoms with Crippen LogP contribution in [0, 0.1) is 5.82 Å². The minimum absolute atomic E-state index is 0.277. The maximum Gasteiger partial charge on any atom is 0.261 e. The van der Waals surface area contributed by atoms with Gasteiger partial charge in [0.25, 0.3) is 10.1 Å². The monoisotopic (exact) mass is 406 g/mol. The zero-order valence-electron chi connectivity index (χ0n) is 14.3. The number of H-pyrrole nitrogens is 1. The van der Waals surface area contributed by atoms with E-state index in [1.165, 1.54) is 6.07 Å². The highest BCUT2D eigenvalue weighted by Crippen LogP contribution is 2.34. The molecule has 0 atom stereocenters. The number of nitrogens with zero attached hydrogens (tertiary/aromatic N) is 1. The number of hydrogen-bond donors (Lipinski definition) is 2. The van der Waals surface area contributed by atoms with Gasteiger partial charge < -0.3 is 4.98 Å². The van der Waals surface area contributed by atoms with Crippen LogP contribution in [0.25, 0.3) is 11.1 Å². The normalized spacial score (nSPS) is 12.8. The molecule has 3 aromatic rings. The van der Waals surface area contributed by atoms with Gasteiger partial charge in [-0.15, -0.1) is 0 Å². The van der Waals surface area contributed by atoms with Gasteiger partial charge in [0.15, 0.2) is 0 Å². The fourth-order valence-corrected chi connectivity index (χ4v) is 3.03. The quantitative estimate of drug-likeness (QED) is 0.590. The first kappa shape index (κ1) is 19.3. The minimum atomic E-state index is -3.67. The molecule has 2 aromatic carbocycles. The fourth-order valence-electron chi connectivity index (χ4n) is 2.86. The Morgan fingerprint density at radius 3 is 2.48 bits per heavy atom. The summed E-state index contributed by atoms with van der Waals surface area (Å²) < 4.78 is 40.1. The van der Waals surface area contributed by atoms with E-state index >= 15 is 0 Å². The summed E-state index contributed by atoms with van der Waals surface area (Å²) in [5, 5.41) is 0.613. The van der Waals surface area contributed by atoms with Crippen molar-refractivity contribution in [3.8, 4) is 11.1 Å². The Balaban J connectivity index is 0.000000376. The van der Waals surface area contributed by atoms with Gasteiger partial charge in [0, 0.05) is 34.1 Å². The van der Waals surface area contributed by atoms with Crippen LogP contribution in [0.1, 0.15) is 16.7 Å². The van der Waals surface area contributed by atoms with Crippen LogP contribution in [-0.2, 0) is 16.7 Å². The molecule has 2 heterocycles. The molecule has 0 saturated heterocycles. The molecule has 0 amide bonds. The minimum Gasteiger partial charge on any atom is -0.367 e. The number of rotatable bonds is 1. The summed E-state index contributed by atoms with van der Waals surface area (Å²) in [5.41, 5.74) is 5.19. The lowest BCUT2D eigenvalue weighted by Gasteiger charge is -2.11. The second-order valence-corrected chi connectivity index (χ2v) is 7.86. The van der Waals surface area contributed by atoms with Crippen LogP contribution in [0.15, 0.2) is 59.9 Å². The molecular weight excluding hydrogens is 391 g/mol. The molecule has 0 saturated carbocycles. The second kappa shape index (κ2) is 7.64. The van der Waals surface area contributed by atoms with E-state index in [1.54, 1.807) is 12.1 Å². The summed E-state index contributed by atoms with van der Waals surface area (Å²) in [6.45, 7) is 0.509. The SMILES string of the molecule is CS(=O)(=O)O.Fc1ccccc1C1=NCc2c[nH]cc2-c2ccc(Cl)cc21. The molecule has 1 aromatic heterocycles. The molecule has 0 fully saturated rings. The highest BCUT2D eigenvalue weighted by Gasteiger charge is 2.21. The Hall–Kier alpha value is -2.48. The standard InChI is InChI=1S/C18H12ClFN2.CH4O3S/c19-12-5-6-13-15(7-12)18(14-3-1-2-4-17(14)20)22-9-11-8-21-10-16(11)13;1-5(2,3)4/h1-8,10,21H,9H2;1H3,(H,2,3,4). The molecular formula is C19H16ClFN2O3S. The first-order valence-corrected chi connectivity index (χ1v) is 10.1. The van der Waals surface area contributed by atoms with Crippen LogP contribution in [0.4, 0.5) is 4.39 Å². The molecule has 8 heteroatoms. The van der Waals surface area contributed by atoms with E-state index in [-0.39, 0.29) is 5.82 Å². The lowest BCUT2D eigenvalue weighted by atomic mass is 9.94. The number of benzene rings is 2. The number of hydrogen-bond acceptors (Lipinski definition) is 3. The van der Waals surface area contributed by atoms with Gasteiger partial charge in [-0.1, -0.05) is 29.8 Å². The first-order valence-electron chi connectivity index (χ1n) is 7.92. The van der Waals surface area contributed by atoms with Crippen molar-refractivity contribution >= 4 is 27.4 Å². The smallest absolute Gasteiger partial charge is 0.261 e. The van der Waals surface area contributed by atoms with Gasteiger partial charge in [0.2, 0.25) is 0 Å². The third-order valence-electron chi connectivity index (χ3n) is 3.89. The maximum atomic E-state index is 14.2. The van der Waals surface area contributed by atoms with Crippen LogP contribution >= 0.6 is 11.6 Å². The topological polar surface area (TPSA) is 82.5 Å². The zero-order valence-corrected chi connectivity index (χ0v) is 15.9. The number of fused-ring (bicyclic) bond motifs is 3. The Morgan fingerprint density at radius 2 is 1.78 bits per heavy atom. The summed E-state index contributed by atoms with van der Waals surface area (Å²) in [7, 11) is -3.67. The van der Waals surface area contributed by atoms with Crippen molar-refractivity contribution in [2.45, 2.75) is 6.54 Å². The van der Waals surface area contributed by atoms with Gasteiger partial charge in [0.05, 0.1) is 18.5 Å². The zero-order chi connectivity index (χ0) is 19.6. The summed E-state index contributed by atoms with van der Waals surface area (Å²) in [6, 6.07) is 12.4. The van der Waals surface area contributed by atoms with Crippen molar-refractivity contribution in [1.29, 1.82) is 0 Å². The molecule has 5 nitrogen and oxygen atoms in total. The lowest BCUT2D eigenvalue weighted by molar-refractivity contribution is 0.490. The van der Waals surface area contributed by atoms with Gasteiger partial charge in [0.1, 0.15) is 5.82 Å². The van der Waals surface area contributed by atoms with E-state index < -0.39 is 10.1 Å². The van der Waals surface area contributed by atoms with E-state index in [0.717, 1.165) is 22.3 Å². The highest BCUT2D eigenvalue weighted by atomic mass is 35.5. The molecule has 0 bridgehead atoms. The average Bonchev–Trinajstić information content (AvgIpc) is 2.98. The van der Waals surface area contributed by atoms with Crippen molar-refractivity contribution < 1.29 is 17.4 Å². The van der Waals surface area contributed by atoms with Crippen molar-refractivity contribution in [3.05, 3.63) is 82.4 Å². The van der Waals surface area contributed by atoms with Crippen LogP contribution in [-0.4, -0.2) is 29.9 Å². The maximum absolute atomic E-state index is 14.2. The number of halogens is 2. The summed E-state index contributed by atoms with van der Waals surface area (Å²) in [5.74, 6) is -0.277. The van der Waals surface area contributed by atoms with E-state index in [9.17, 15) is 12.8 Å². The summed E-state index contributed by atoms with van der Waals surface area (Å²) >= 11 is 6.17. The van der Waals surface area contributed by atoms with Gasteiger partial charge in [-0.3, -0.25) is 9.55 Å². The molecule has 140 valence electrons. The third-order valence-corrected chi connectivity index (χ3v) is 4.13. The van der Waals surface area contributed by atoms with E-state index in [1.807, 2.05) is 36.7 Å². The van der Waals surface area contributed by atoms with Crippen molar-refractivity contribution in [3.63, 3.8) is 0 Å². The fraction of sp³-hybridized carbons (Fsp3) is 0.105. The van der Waals surface area contributed by atoms with Crippen molar-refractivity contribution in [1.82, 2.24) is 4.98 Å². The number of nitrogens with one attached hydrogen (secondary N) is 1. The molecule has 27 heavy (non-hydrogen) atoms. The van der Waals surface area contributed by atoms with E-state index in [4.69, 9.17) is 16.2 Å². The van der Waals surface area contributed by atoms with Crippen LogP contribution < -0.4 is 0 Å². The predicted octanol–water partition coefficient (Wildman–Crippen LogP) is 4.33. The molecule has 2 N–H and O–H groups in total. The van der Waals surface area contributed by atoms with E-state index in [0.29, 0.717) is 29.1 Å². The second-order valence-electron chi connectivity index (χ2n) is 5.96. The van der Waals surface area contributed by atoms with Gasteiger partial charge in [-0.2, -0.15) is 8.42 Å². The van der Waals surface area contributed by atoms with Gasteiger partial charge in [-0.05, 0) is 35.4 Å². The predicted molar refractivity (Wildman–Crippen MR) is 104 cm³/mol. The van der Waals surface area contributed by atoms with Gasteiger partial charge >= 0.3 is 0 Å². The Morgan fingerprint density at radius 1 is 1.07 bits per heavy atom. The molecule has 0 aliphatic carbocycles. The molecule has 0 spiro atoms.